The first-order valence-corrected chi connectivity index (χ1v) is 7.87. The second kappa shape index (κ2) is 7.11. The number of likely N-dealkylation sites (tertiary alicyclic amines) is 1. The average Bonchev–Trinajstić information content (AvgIpc) is 2.77. The topological polar surface area (TPSA) is 15.3 Å². The smallest absolute Gasteiger partial charge is 0.312 e. The second-order valence-corrected chi connectivity index (χ2v) is 6.59. The fraction of sp³-hybridized carbons (Fsp3) is 0.600. The van der Waals surface area contributed by atoms with Crippen molar-refractivity contribution >= 4 is 15.9 Å². The van der Waals surface area contributed by atoms with Crippen LogP contribution in [0.2, 0.25) is 0 Å². The molecule has 1 atom stereocenters. The van der Waals surface area contributed by atoms with Gasteiger partial charge in [0.05, 0.1) is 6.54 Å². The third-order valence-electron chi connectivity index (χ3n) is 3.73. The highest BCUT2D eigenvalue weighted by molar-refractivity contribution is 9.10. The summed E-state index contributed by atoms with van der Waals surface area (Å²) in [6.45, 7) is 3.82. The van der Waals surface area contributed by atoms with Crippen molar-refractivity contribution in [3.05, 3.63) is 33.8 Å². The van der Waals surface area contributed by atoms with E-state index in [1.807, 2.05) is 6.92 Å². The van der Waals surface area contributed by atoms with E-state index in [9.17, 15) is 13.2 Å². The van der Waals surface area contributed by atoms with Gasteiger partial charge in [0, 0.05) is 17.6 Å². The van der Waals surface area contributed by atoms with E-state index >= 15 is 0 Å². The number of nitrogens with one attached hydrogen (secondary N) is 1. The Morgan fingerprint density at radius 3 is 2.81 bits per heavy atom. The molecular weight excluding hydrogens is 345 g/mol. The van der Waals surface area contributed by atoms with E-state index in [0.29, 0.717) is 19.0 Å². The molecule has 1 unspecified atom stereocenters. The minimum absolute atomic E-state index is 0.302. The van der Waals surface area contributed by atoms with Gasteiger partial charge in [-0.25, -0.2) is 0 Å². The summed E-state index contributed by atoms with van der Waals surface area (Å²) in [5.41, 5.74) is 2.37. The maximum absolute atomic E-state index is 12.3. The largest absolute Gasteiger partial charge is 0.401 e. The minimum Gasteiger partial charge on any atom is -0.312 e. The number of alkyl halides is 3. The third-order valence-corrected chi connectivity index (χ3v) is 4.47. The van der Waals surface area contributed by atoms with Crippen LogP contribution >= 0.6 is 15.9 Å². The first-order chi connectivity index (χ1) is 9.83. The van der Waals surface area contributed by atoms with Crippen LogP contribution in [-0.4, -0.2) is 37.3 Å². The molecule has 0 bridgehead atoms. The van der Waals surface area contributed by atoms with Crippen LogP contribution in [0.4, 0.5) is 13.2 Å². The van der Waals surface area contributed by atoms with E-state index in [-0.39, 0.29) is 0 Å². The Labute approximate surface area is 131 Å². The molecular formula is C15H20BrF3N2. The van der Waals surface area contributed by atoms with Gasteiger partial charge >= 0.3 is 6.18 Å². The lowest BCUT2D eigenvalue weighted by molar-refractivity contribution is -0.143. The van der Waals surface area contributed by atoms with Gasteiger partial charge in [0.25, 0.3) is 0 Å². The SMILES string of the molecule is Cc1ccc(CNCC2CCN(CC(F)(F)F)C2)c(Br)c1. The number of hydrogen-bond acceptors (Lipinski definition) is 2. The van der Waals surface area contributed by atoms with Gasteiger partial charge < -0.3 is 5.32 Å². The molecule has 0 aliphatic carbocycles. The Bertz CT molecular complexity index is 476. The van der Waals surface area contributed by atoms with Crippen LogP contribution < -0.4 is 5.32 Å². The molecule has 0 aromatic heterocycles. The van der Waals surface area contributed by atoms with Gasteiger partial charge in [0.1, 0.15) is 0 Å². The lowest BCUT2D eigenvalue weighted by Crippen LogP contribution is -2.33. The summed E-state index contributed by atoms with van der Waals surface area (Å²) in [5.74, 6) is 0.302. The minimum atomic E-state index is -4.09. The summed E-state index contributed by atoms with van der Waals surface area (Å²) in [4.78, 5) is 1.49. The lowest BCUT2D eigenvalue weighted by Gasteiger charge is -2.18. The van der Waals surface area contributed by atoms with Crippen LogP contribution in [0, 0.1) is 12.8 Å². The average molecular weight is 365 g/mol. The van der Waals surface area contributed by atoms with E-state index in [1.54, 1.807) is 0 Å². The Balaban J connectivity index is 1.72. The van der Waals surface area contributed by atoms with Crippen LogP contribution in [-0.2, 0) is 6.54 Å². The highest BCUT2D eigenvalue weighted by Gasteiger charge is 2.34. The molecule has 0 spiro atoms. The van der Waals surface area contributed by atoms with Crippen molar-refractivity contribution < 1.29 is 13.2 Å². The predicted molar refractivity (Wildman–Crippen MR) is 81.2 cm³/mol. The van der Waals surface area contributed by atoms with Gasteiger partial charge in [0.2, 0.25) is 0 Å². The van der Waals surface area contributed by atoms with E-state index < -0.39 is 12.7 Å². The Morgan fingerprint density at radius 1 is 1.38 bits per heavy atom. The van der Waals surface area contributed by atoms with Crippen molar-refractivity contribution in [2.75, 3.05) is 26.2 Å². The number of halogens is 4. The Kier molecular flexibility index (Phi) is 5.68. The van der Waals surface area contributed by atoms with E-state index in [0.717, 1.165) is 24.0 Å². The number of nitrogens with zero attached hydrogens (tertiary/aromatic N) is 1. The van der Waals surface area contributed by atoms with Gasteiger partial charge in [-0.3, -0.25) is 4.90 Å². The van der Waals surface area contributed by atoms with Gasteiger partial charge in [-0.15, -0.1) is 0 Å². The van der Waals surface area contributed by atoms with Crippen LogP contribution in [0.1, 0.15) is 17.5 Å². The van der Waals surface area contributed by atoms with Crippen LogP contribution in [0.25, 0.3) is 0 Å². The zero-order chi connectivity index (χ0) is 15.5. The maximum atomic E-state index is 12.3. The highest BCUT2D eigenvalue weighted by atomic mass is 79.9. The van der Waals surface area contributed by atoms with Crippen molar-refractivity contribution in [3.8, 4) is 0 Å². The van der Waals surface area contributed by atoms with Crippen LogP contribution in [0.15, 0.2) is 22.7 Å². The second-order valence-electron chi connectivity index (χ2n) is 5.73. The monoisotopic (exact) mass is 364 g/mol. The van der Waals surface area contributed by atoms with Crippen LogP contribution in [0.3, 0.4) is 0 Å². The molecule has 1 heterocycles. The quantitative estimate of drug-likeness (QED) is 0.856. The van der Waals surface area contributed by atoms with E-state index in [4.69, 9.17) is 0 Å². The maximum Gasteiger partial charge on any atom is 0.401 e. The summed E-state index contributed by atoms with van der Waals surface area (Å²) in [6.07, 6.45) is -3.26. The number of hydrogen-bond donors (Lipinski definition) is 1. The lowest BCUT2D eigenvalue weighted by atomic mass is 10.1. The molecule has 1 aliphatic heterocycles. The van der Waals surface area contributed by atoms with E-state index in [2.05, 4.69) is 39.4 Å². The first kappa shape index (κ1) is 16.8. The molecule has 0 saturated carbocycles. The molecule has 0 radical (unpaired) electrons. The molecule has 2 nitrogen and oxygen atoms in total. The Hall–Kier alpha value is -0.590. The first-order valence-electron chi connectivity index (χ1n) is 7.08. The molecule has 1 N–H and O–H groups in total. The number of rotatable bonds is 5. The van der Waals surface area contributed by atoms with Crippen LogP contribution in [0.5, 0.6) is 0 Å². The van der Waals surface area contributed by atoms with Crippen molar-refractivity contribution in [1.29, 1.82) is 0 Å². The van der Waals surface area contributed by atoms with Crippen molar-refractivity contribution in [1.82, 2.24) is 10.2 Å². The summed E-state index contributed by atoms with van der Waals surface area (Å²) >= 11 is 3.53. The van der Waals surface area contributed by atoms with Gasteiger partial charge in [0.15, 0.2) is 0 Å². The van der Waals surface area contributed by atoms with Gasteiger partial charge in [-0.2, -0.15) is 13.2 Å². The van der Waals surface area contributed by atoms with Crippen molar-refractivity contribution in [2.24, 2.45) is 5.92 Å². The molecule has 21 heavy (non-hydrogen) atoms. The van der Waals surface area contributed by atoms with Gasteiger partial charge in [-0.05, 0) is 49.5 Å². The molecule has 1 aromatic carbocycles. The number of benzene rings is 1. The molecule has 2 rings (SSSR count). The van der Waals surface area contributed by atoms with Crippen molar-refractivity contribution in [2.45, 2.75) is 26.1 Å². The molecule has 6 heteroatoms. The zero-order valence-corrected chi connectivity index (χ0v) is 13.6. The summed E-state index contributed by atoms with van der Waals surface area (Å²) in [7, 11) is 0. The van der Waals surface area contributed by atoms with E-state index in [1.165, 1.54) is 16.0 Å². The third kappa shape index (κ3) is 5.60. The zero-order valence-electron chi connectivity index (χ0n) is 12.0. The molecule has 1 saturated heterocycles. The Morgan fingerprint density at radius 2 is 2.14 bits per heavy atom. The fourth-order valence-corrected chi connectivity index (χ4v) is 3.32. The predicted octanol–water partition coefficient (Wildman–Crippen LogP) is 3.73. The highest BCUT2D eigenvalue weighted by Crippen LogP contribution is 2.23. The summed E-state index contributed by atoms with van der Waals surface area (Å²) in [5, 5.41) is 3.35. The normalized spacial score (nSPS) is 20.1. The summed E-state index contributed by atoms with van der Waals surface area (Å²) < 4.78 is 38.0. The fourth-order valence-electron chi connectivity index (χ4n) is 2.68. The number of aryl methyl sites for hydroxylation is 1. The molecule has 1 aromatic rings. The molecule has 0 amide bonds. The standard InChI is InChI=1S/C15H20BrF3N2/c1-11-2-3-13(14(16)6-11)8-20-7-12-4-5-21(9-12)10-15(17,18)19/h2-3,6,12,20H,4-5,7-10H2,1H3. The molecule has 118 valence electrons. The molecule has 1 aliphatic rings. The summed E-state index contributed by atoms with van der Waals surface area (Å²) in [6, 6.07) is 6.19. The molecule has 1 fully saturated rings. The van der Waals surface area contributed by atoms with Crippen molar-refractivity contribution in [3.63, 3.8) is 0 Å². The van der Waals surface area contributed by atoms with Gasteiger partial charge in [-0.1, -0.05) is 28.1 Å².